The van der Waals surface area contributed by atoms with Crippen LogP contribution in [0.15, 0.2) is 45.8 Å². The van der Waals surface area contributed by atoms with Crippen molar-refractivity contribution in [1.82, 2.24) is 0 Å². The molecule has 0 unspecified atom stereocenters. The molecule has 0 radical (unpaired) electrons. The summed E-state index contributed by atoms with van der Waals surface area (Å²) in [6.07, 6.45) is 0. The Morgan fingerprint density at radius 1 is 1.20 bits per heavy atom. The second-order valence-corrected chi connectivity index (χ2v) is 6.84. The molecule has 8 heteroatoms. The first-order chi connectivity index (χ1) is 9.29. The zero-order valence-electron chi connectivity index (χ0n) is 9.90. The summed E-state index contributed by atoms with van der Waals surface area (Å²) in [5.41, 5.74) is 6.15. The zero-order chi connectivity index (χ0) is 14.9. The molecule has 0 fully saturated rings. The lowest BCUT2D eigenvalue weighted by atomic mass is 10.3. The Balaban J connectivity index is 2.38. The van der Waals surface area contributed by atoms with Crippen molar-refractivity contribution in [3.8, 4) is 0 Å². The number of nitrogen functional groups attached to an aromatic ring is 1. The van der Waals surface area contributed by atoms with Crippen molar-refractivity contribution < 1.29 is 12.8 Å². The van der Waals surface area contributed by atoms with Crippen LogP contribution < -0.4 is 10.5 Å². The maximum atomic E-state index is 13.0. The second-order valence-electron chi connectivity index (χ2n) is 3.92. The Kier molecular flexibility index (Phi) is 4.22. The highest BCUT2D eigenvalue weighted by Crippen LogP contribution is 2.27. The molecule has 0 aliphatic heterocycles. The summed E-state index contributed by atoms with van der Waals surface area (Å²) in [6, 6.07) is 7.87. The molecule has 0 atom stereocenters. The standard InChI is InChI=1S/C12H9BrClFN2O2S/c13-9-5-7(16)1-4-12(9)20(18,19)17-8-2-3-11(15)10(14)6-8/h1-6,17H,16H2. The first-order valence-electron chi connectivity index (χ1n) is 5.32. The Labute approximate surface area is 128 Å². The predicted octanol–water partition coefficient (Wildman–Crippen LogP) is 3.62. The van der Waals surface area contributed by atoms with Crippen molar-refractivity contribution in [2.75, 3.05) is 10.5 Å². The third kappa shape index (κ3) is 3.23. The topological polar surface area (TPSA) is 72.2 Å². The van der Waals surface area contributed by atoms with Crippen LogP contribution in [0, 0.1) is 5.82 Å². The first-order valence-corrected chi connectivity index (χ1v) is 7.98. The van der Waals surface area contributed by atoms with E-state index in [1.165, 1.54) is 30.3 Å². The number of sulfonamides is 1. The van der Waals surface area contributed by atoms with E-state index in [9.17, 15) is 12.8 Å². The van der Waals surface area contributed by atoms with E-state index in [2.05, 4.69) is 20.7 Å². The summed E-state index contributed by atoms with van der Waals surface area (Å²) in [6.45, 7) is 0. The lowest BCUT2D eigenvalue weighted by Gasteiger charge is -2.10. The highest BCUT2D eigenvalue weighted by Gasteiger charge is 2.18. The summed E-state index contributed by atoms with van der Waals surface area (Å²) >= 11 is 8.74. The quantitative estimate of drug-likeness (QED) is 0.800. The molecule has 0 saturated heterocycles. The van der Waals surface area contributed by atoms with Gasteiger partial charge in [0.1, 0.15) is 10.7 Å². The van der Waals surface area contributed by atoms with Crippen LogP contribution in [0.25, 0.3) is 0 Å². The van der Waals surface area contributed by atoms with E-state index >= 15 is 0 Å². The average molecular weight is 380 g/mol. The lowest BCUT2D eigenvalue weighted by molar-refractivity contribution is 0.600. The van der Waals surface area contributed by atoms with E-state index in [1.807, 2.05) is 0 Å². The minimum atomic E-state index is -3.82. The van der Waals surface area contributed by atoms with E-state index in [1.54, 1.807) is 0 Å². The molecule has 20 heavy (non-hydrogen) atoms. The summed E-state index contributed by atoms with van der Waals surface area (Å²) in [7, 11) is -3.82. The maximum Gasteiger partial charge on any atom is 0.263 e. The molecule has 4 nitrogen and oxygen atoms in total. The van der Waals surface area contributed by atoms with Gasteiger partial charge in [0.25, 0.3) is 10.0 Å². The van der Waals surface area contributed by atoms with Gasteiger partial charge in [0, 0.05) is 10.2 Å². The number of nitrogens with two attached hydrogens (primary N) is 1. The number of hydrogen-bond acceptors (Lipinski definition) is 3. The minimum Gasteiger partial charge on any atom is -0.399 e. The van der Waals surface area contributed by atoms with Gasteiger partial charge in [0.2, 0.25) is 0 Å². The molecule has 0 bridgehead atoms. The van der Waals surface area contributed by atoms with E-state index < -0.39 is 15.8 Å². The van der Waals surface area contributed by atoms with Crippen molar-refractivity contribution in [2.45, 2.75) is 4.90 Å². The Hall–Kier alpha value is -1.31. The summed E-state index contributed by atoms with van der Waals surface area (Å²) in [5.74, 6) is -0.622. The number of halogens is 3. The fourth-order valence-corrected chi connectivity index (χ4v) is 3.83. The largest absolute Gasteiger partial charge is 0.399 e. The van der Waals surface area contributed by atoms with Crippen LogP contribution in [-0.4, -0.2) is 8.42 Å². The summed E-state index contributed by atoms with van der Waals surface area (Å²) in [5, 5.41) is -0.165. The maximum absolute atomic E-state index is 13.0. The van der Waals surface area contributed by atoms with Gasteiger partial charge in [-0.15, -0.1) is 0 Å². The van der Waals surface area contributed by atoms with Gasteiger partial charge < -0.3 is 5.73 Å². The van der Waals surface area contributed by atoms with Crippen LogP contribution >= 0.6 is 27.5 Å². The van der Waals surface area contributed by atoms with E-state index in [0.29, 0.717) is 10.2 Å². The fourth-order valence-electron chi connectivity index (χ4n) is 1.50. The van der Waals surface area contributed by atoms with Gasteiger partial charge in [0.05, 0.1) is 10.7 Å². The molecule has 106 valence electrons. The average Bonchev–Trinajstić information content (AvgIpc) is 2.33. The lowest BCUT2D eigenvalue weighted by Crippen LogP contribution is -2.13. The molecule has 0 aromatic heterocycles. The van der Waals surface area contributed by atoms with Crippen LogP contribution in [0.2, 0.25) is 5.02 Å². The van der Waals surface area contributed by atoms with Crippen molar-refractivity contribution in [3.63, 3.8) is 0 Å². The molecular weight excluding hydrogens is 371 g/mol. The normalized spacial score (nSPS) is 11.3. The summed E-state index contributed by atoms with van der Waals surface area (Å²) in [4.78, 5) is 0.0205. The van der Waals surface area contributed by atoms with Crippen LogP contribution in [0.5, 0.6) is 0 Å². The molecule has 0 amide bonds. The van der Waals surface area contributed by atoms with Gasteiger partial charge in [0.15, 0.2) is 0 Å². The summed E-state index contributed by atoms with van der Waals surface area (Å²) < 4.78 is 40.1. The number of benzene rings is 2. The molecule has 0 spiro atoms. The molecule has 0 saturated carbocycles. The van der Waals surface area contributed by atoms with Gasteiger partial charge in [-0.1, -0.05) is 11.6 Å². The monoisotopic (exact) mass is 378 g/mol. The number of nitrogens with one attached hydrogen (secondary N) is 1. The molecular formula is C12H9BrClFN2O2S. The fraction of sp³-hybridized carbons (Fsp3) is 0. The van der Waals surface area contributed by atoms with Crippen molar-refractivity contribution in [1.29, 1.82) is 0 Å². The molecule has 2 aromatic rings. The van der Waals surface area contributed by atoms with Gasteiger partial charge in [-0.25, -0.2) is 12.8 Å². The molecule has 0 heterocycles. The highest BCUT2D eigenvalue weighted by molar-refractivity contribution is 9.10. The first kappa shape index (κ1) is 15.1. The second kappa shape index (κ2) is 5.59. The van der Waals surface area contributed by atoms with E-state index in [4.69, 9.17) is 17.3 Å². The van der Waals surface area contributed by atoms with Crippen LogP contribution in [0.4, 0.5) is 15.8 Å². The van der Waals surface area contributed by atoms with Gasteiger partial charge >= 0.3 is 0 Å². The molecule has 3 N–H and O–H groups in total. The number of anilines is 2. The molecule has 0 aliphatic rings. The third-order valence-electron chi connectivity index (χ3n) is 2.42. The van der Waals surface area contributed by atoms with Crippen LogP contribution in [0.3, 0.4) is 0 Å². The predicted molar refractivity (Wildman–Crippen MR) is 80.8 cm³/mol. The van der Waals surface area contributed by atoms with Crippen LogP contribution in [-0.2, 0) is 10.0 Å². The SMILES string of the molecule is Nc1ccc(S(=O)(=O)Nc2ccc(F)c(Cl)c2)c(Br)c1. The minimum absolute atomic E-state index is 0.0205. The van der Waals surface area contributed by atoms with Gasteiger partial charge in [-0.3, -0.25) is 4.72 Å². The number of rotatable bonds is 3. The Bertz CT molecular complexity index is 768. The highest BCUT2D eigenvalue weighted by atomic mass is 79.9. The van der Waals surface area contributed by atoms with Crippen molar-refractivity contribution in [3.05, 3.63) is 51.7 Å². The molecule has 2 rings (SSSR count). The van der Waals surface area contributed by atoms with Gasteiger partial charge in [-0.05, 0) is 52.3 Å². The molecule has 2 aromatic carbocycles. The zero-order valence-corrected chi connectivity index (χ0v) is 13.1. The van der Waals surface area contributed by atoms with E-state index in [-0.39, 0.29) is 15.6 Å². The van der Waals surface area contributed by atoms with Crippen molar-refractivity contribution in [2.24, 2.45) is 0 Å². The van der Waals surface area contributed by atoms with E-state index in [0.717, 1.165) is 6.07 Å². The third-order valence-corrected chi connectivity index (χ3v) is 5.06. The molecule has 0 aliphatic carbocycles. The van der Waals surface area contributed by atoms with Gasteiger partial charge in [-0.2, -0.15) is 0 Å². The Morgan fingerprint density at radius 3 is 2.50 bits per heavy atom. The Morgan fingerprint density at radius 2 is 1.90 bits per heavy atom. The van der Waals surface area contributed by atoms with Crippen LogP contribution in [0.1, 0.15) is 0 Å². The smallest absolute Gasteiger partial charge is 0.263 e. The van der Waals surface area contributed by atoms with Crippen molar-refractivity contribution >= 4 is 48.9 Å². The number of hydrogen-bond donors (Lipinski definition) is 2.